The van der Waals surface area contributed by atoms with Crippen molar-refractivity contribution in [3.8, 4) is 0 Å². The Balaban J connectivity index is 2.26. The maximum Gasteiger partial charge on any atom is 0.223 e. The summed E-state index contributed by atoms with van der Waals surface area (Å²) in [7, 11) is 2.12. The van der Waals surface area contributed by atoms with E-state index >= 15 is 0 Å². The van der Waals surface area contributed by atoms with Gasteiger partial charge < -0.3 is 14.7 Å². The fraction of sp³-hybridized carbons (Fsp3) is 0.929. The molecule has 0 aromatic heterocycles. The normalized spacial score (nSPS) is 17.4. The Labute approximate surface area is 112 Å². The SMILES string of the molecule is CCCN(CCC)CCC(=O)N1CCN(C)CC1. The summed E-state index contributed by atoms with van der Waals surface area (Å²) in [6, 6.07) is 0. The summed E-state index contributed by atoms with van der Waals surface area (Å²) in [5.74, 6) is 0.334. The van der Waals surface area contributed by atoms with E-state index in [2.05, 4.69) is 30.7 Å². The van der Waals surface area contributed by atoms with Crippen molar-refractivity contribution < 1.29 is 4.79 Å². The van der Waals surface area contributed by atoms with Gasteiger partial charge in [-0.3, -0.25) is 4.79 Å². The van der Waals surface area contributed by atoms with E-state index in [1.165, 1.54) is 12.8 Å². The molecule has 0 aromatic carbocycles. The summed E-state index contributed by atoms with van der Waals surface area (Å²) >= 11 is 0. The molecule has 0 radical (unpaired) electrons. The number of hydrogen-bond acceptors (Lipinski definition) is 3. The molecule has 1 amide bonds. The molecule has 1 heterocycles. The number of piperazine rings is 1. The topological polar surface area (TPSA) is 26.8 Å². The minimum absolute atomic E-state index is 0.334. The summed E-state index contributed by atoms with van der Waals surface area (Å²) in [5, 5.41) is 0. The van der Waals surface area contributed by atoms with Crippen LogP contribution in [0.4, 0.5) is 0 Å². The molecule has 4 nitrogen and oxygen atoms in total. The van der Waals surface area contributed by atoms with E-state index in [1.54, 1.807) is 0 Å². The van der Waals surface area contributed by atoms with Crippen LogP contribution in [0.1, 0.15) is 33.1 Å². The Kier molecular flexibility index (Phi) is 7.28. The van der Waals surface area contributed by atoms with E-state index in [0.29, 0.717) is 12.3 Å². The summed E-state index contributed by atoms with van der Waals surface area (Å²) in [5.41, 5.74) is 0. The van der Waals surface area contributed by atoms with Crippen molar-refractivity contribution in [3.05, 3.63) is 0 Å². The molecule has 0 spiro atoms. The summed E-state index contributed by atoms with van der Waals surface area (Å²) in [4.78, 5) is 18.8. The highest BCUT2D eigenvalue weighted by molar-refractivity contribution is 5.76. The molecule has 1 fully saturated rings. The van der Waals surface area contributed by atoms with Crippen LogP contribution in [-0.4, -0.2) is 73.5 Å². The highest BCUT2D eigenvalue weighted by Crippen LogP contribution is 2.04. The van der Waals surface area contributed by atoms with Gasteiger partial charge in [0, 0.05) is 39.1 Å². The highest BCUT2D eigenvalue weighted by Gasteiger charge is 2.19. The zero-order valence-corrected chi connectivity index (χ0v) is 12.3. The van der Waals surface area contributed by atoms with Crippen LogP contribution in [0.5, 0.6) is 0 Å². The Morgan fingerprint density at radius 2 is 1.56 bits per heavy atom. The lowest BCUT2D eigenvalue weighted by molar-refractivity contribution is -0.133. The quantitative estimate of drug-likeness (QED) is 0.685. The minimum Gasteiger partial charge on any atom is -0.340 e. The van der Waals surface area contributed by atoms with E-state index in [-0.39, 0.29) is 0 Å². The number of hydrogen-bond donors (Lipinski definition) is 0. The number of likely N-dealkylation sites (N-methyl/N-ethyl adjacent to an activating group) is 1. The average Bonchev–Trinajstić information content (AvgIpc) is 2.37. The number of rotatable bonds is 7. The molecule has 1 aliphatic heterocycles. The monoisotopic (exact) mass is 255 g/mol. The lowest BCUT2D eigenvalue weighted by Crippen LogP contribution is -2.47. The lowest BCUT2D eigenvalue weighted by Gasteiger charge is -2.33. The molecule has 0 N–H and O–H groups in total. The fourth-order valence-electron chi connectivity index (χ4n) is 2.44. The molecule has 106 valence electrons. The van der Waals surface area contributed by atoms with Crippen LogP contribution in [0.2, 0.25) is 0 Å². The molecule has 0 bridgehead atoms. The van der Waals surface area contributed by atoms with E-state index < -0.39 is 0 Å². The first-order valence-electron chi connectivity index (χ1n) is 7.36. The lowest BCUT2D eigenvalue weighted by atomic mass is 10.2. The summed E-state index contributed by atoms with van der Waals surface area (Å²) in [6.07, 6.45) is 3.02. The van der Waals surface area contributed by atoms with E-state index in [4.69, 9.17) is 0 Å². The standard InChI is InChI=1S/C14H29N3O/c1-4-7-16(8-5-2)9-6-14(18)17-12-10-15(3)11-13-17/h4-13H2,1-3H3. The molecule has 1 saturated heterocycles. The number of carbonyl (C=O) groups is 1. The average molecular weight is 255 g/mol. The first-order chi connectivity index (χ1) is 8.67. The third-order valence-corrected chi connectivity index (χ3v) is 3.58. The van der Waals surface area contributed by atoms with Gasteiger partial charge >= 0.3 is 0 Å². The molecule has 0 aromatic rings. The summed E-state index contributed by atoms with van der Waals surface area (Å²) < 4.78 is 0. The van der Waals surface area contributed by atoms with Gasteiger partial charge in [0.25, 0.3) is 0 Å². The first-order valence-corrected chi connectivity index (χ1v) is 7.36. The van der Waals surface area contributed by atoms with Gasteiger partial charge in [0.05, 0.1) is 0 Å². The molecule has 18 heavy (non-hydrogen) atoms. The minimum atomic E-state index is 0.334. The molecule has 0 saturated carbocycles. The fourth-order valence-corrected chi connectivity index (χ4v) is 2.44. The first kappa shape index (κ1) is 15.4. The van der Waals surface area contributed by atoms with Gasteiger partial charge in [0.1, 0.15) is 0 Å². The largest absolute Gasteiger partial charge is 0.340 e. The molecular weight excluding hydrogens is 226 g/mol. The van der Waals surface area contributed by atoms with E-state index in [0.717, 1.165) is 45.8 Å². The molecule has 0 atom stereocenters. The van der Waals surface area contributed by atoms with E-state index in [9.17, 15) is 4.79 Å². The van der Waals surface area contributed by atoms with Crippen molar-refractivity contribution in [3.63, 3.8) is 0 Å². The molecule has 1 rings (SSSR count). The van der Waals surface area contributed by atoms with Crippen LogP contribution < -0.4 is 0 Å². The Morgan fingerprint density at radius 3 is 2.06 bits per heavy atom. The Bertz CT molecular complexity index is 231. The molecule has 4 heteroatoms. The second-order valence-corrected chi connectivity index (χ2v) is 5.28. The summed E-state index contributed by atoms with van der Waals surface area (Å²) in [6.45, 7) is 11.4. The maximum absolute atomic E-state index is 12.1. The number of amides is 1. The van der Waals surface area contributed by atoms with Crippen molar-refractivity contribution in [1.29, 1.82) is 0 Å². The van der Waals surface area contributed by atoms with Crippen molar-refractivity contribution >= 4 is 5.91 Å². The second kappa shape index (κ2) is 8.48. The number of nitrogens with zero attached hydrogens (tertiary/aromatic N) is 3. The van der Waals surface area contributed by atoms with Gasteiger partial charge in [-0.15, -0.1) is 0 Å². The molecular formula is C14H29N3O. The zero-order valence-electron chi connectivity index (χ0n) is 12.3. The van der Waals surface area contributed by atoms with Gasteiger partial charge in [-0.05, 0) is 33.0 Å². The van der Waals surface area contributed by atoms with Crippen LogP contribution >= 0.6 is 0 Å². The third kappa shape index (κ3) is 5.36. The van der Waals surface area contributed by atoms with Gasteiger partial charge in [-0.2, -0.15) is 0 Å². The zero-order chi connectivity index (χ0) is 13.4. The third-order valence-electron chi connectivity index (χ3n) is 3.58. The van der Waals surface area contributed by atoms with Crippen LogP contribution in [0, 0.1) is 0 Å². The molecule has 1 aliphatic rings. The predicted octanol–water partition coefficient (Wildman–Crippen LogP) is 1.27. The molecule has 0 aliphatic carbocycles. The van der Waals surface area contributed by atoms with Gasteiger partial charge in [-0.1, -0.05) is 13.8 Å². The predicted molar refractivity (Wildman–Crippen MR) is 75.7 cm³/mol. The smallest absolute Gasteiger partial charge is 0.223 e. The molecule has 0 unspecified atom stereocenters. The van der Waals surface area contributed by atoms with Crippen molar-refractivity contribution in [2.45, 2.75) is 33.1 Å². The Morgan fingerprint density at radius 1 is 1.00 bits per heavy atom. The van der Waals surface area contributed by atoms with Crippen LogP contribution in [0.15, 0.2) is 0 Å². The van der Waals surface area contributed by atoms with Gasteiger partial charge in [0.2, 0.25) is 5.91 Å². The maximum atomic E-state index is 12.1. The highest BCUT2D eigenvalue weighted by atomic mass is 16.2. The van der Waals surface area contributed by atoms with E-state index in [1.807, 2.05) is 4.90 Å². The number of carbonyl (C=O) groups excluding carboxylic acids is 1. The van der Waals surface area contributed by atoms with Gasteiger partial charge in [-0.25, -0.2) is 0 Å². The van der Waals surface area contributed by atoms with Crippen LogP contribution in [-0.2, 0) is 4.79 Å². The Hall–Kier alpha value is -0.610. The van der Waals surface area contributed by atoms with Gasteiger partial charge in [0.15, 0.2) is 0 Å². The van der Waals surface area contributed by atoms with Crippen molar-refractivity contribution in [2.75, 3.05) is 52.9 Å². The van der Waals surface area contributed by atoms with Crippen molar-refractivity contribution in [1.82, 2.24) is 14.7 Å². The van der Waals surface area contributed by atoms with Crippen molar-refractivity contribution in [2.24, 2.45) is 0 Å². The van der Waals surface area contributed by atoms with Crippen LogP contribution in [0.25, 0.3) is 0 Å². The second-order valence-electron chi connectivity index (χ2n) is 5.28. The van der Waals surface area contributed by atoms with Crippen LogP contribution in [0.3, 0.4) is 0 Å².